The summed E-state index contributed by atoms with van der Waals surface area (Å²) in [7, 11) is 1.56. The van der Waals surface area contributed by atoms with Gasteiger partial charge < -0.3 is 4.84 Å². The van der Waals surface area contributed by atoms with Crippen LogP contribution in [0.15, 0.2) is 5.16 Å². The molecule has 3 heteroatoms. The van der Waals surface area contributed by atoms with Crippen molar-refractivity contribution in [3.8, 4) is 6.07 Å². The fourth-order valence-electron chi connectivity index (χ4n) is 1.01. The summed E-state index contributed by atoms with van der Waals surface area (Å²) in [5, 5.41) is 12.2. The van der Waals surface area contributed by atoms with Crippen molar-refractivity contribution in [2.45, 2.75) is 39.0 Å². The summed E-state index contributed by atoms with van der Waals surface area (Å²) < 4.78 is 0. The lowest BCUT2D eigenvalue weighted by Gasteiger charge is -2.01. The highest BCUT2D eigenvalue weighted by Crippen LogP contribution is 2.03. The van der Waals surface area contributed by atoms with Gasteiger partial charge in [-0.15, -0.1) is 0 Å². The maximum absolute atomic E-state index is 8.32. The molecule has 0 unspecified atom stereocenters. The normalized spacial score (nSPS) is 10.9. The first-order valence-electron chi connectivity index (χ1n) is 4.31. The van der Waals surface area contributed by atoms with Crippen LogP contribution in [0.25, 0.3) is 0 Å². The summed E-state index contributed by atoms with van der Waals surface area (Å²) in [5.74, 6) is 0. The van der Waals surface area contributed by atoms with Gasteiger partial charge in [-0.2, -0.15) is 5.26 Å². The van der Waals surface area contributed by atoms with E-state index in [2.05, 4.69) is 18.1 Å². The van der Waals surface area contributed by atoms with Crippen LogP contribution in [0, 0.1) is 11.3 Å². The second-order valence-electron chi connectivity index (χ2n) is 2.60. The topological polar surface area (TPSA) is 45.4 Å². The van der Waals surface area contributed by atoms with E-state index in [1.165, 1.54) is 0 Å². The van der Waals surface area contributed by atoms with Crippen LogP contribution in [0.4, 0.5) is 0 Å². The summed E-state index contributed by atoms with van der Waals surface area (Å²) in [6.45, 7) is 2.11. The van der Waals surface area contributed by atoms with E-state index in [0.717, 1.165) is 31.4 Å². The molecule has 0 aliphatic carbocycles. The monoisotopic (exact) mass is 168 g/mol. The van der Waals surface area contributed by atoms with Gasteiger partial charge in [0.2, 0.25) is 0 Å². The quantitative estimate of drug-likeness (QED) is 0.347. The highest BCUT2D eigenvalue weighted by molar-refractivity contribution is 5.83. The number of hydrogen-bond donors (Lipinski definition) is 0. The Balaban J connectivity index is 3.65. The SMILES string of the molecule is CCC/C(CCCC#N)=N\OC. The predicted octanol–water partition coefficient (Wildman–Crippen LogP) is 2.48. The number of unbranched alkanes of at least 4 members (excludes halogenated alkanes) is 1. The van der Waals surface area contributed by atoms with Crippen molar-refractivity contribution in [2.24, 2.45) is 5.16 Å². The van der Waals surface area contributed by atoms with Gasteiger partial charge in [-0.1, -0.05) is 18.5 Å². The molecule has 0 saturated carbocycles. The standard InChI is InChI=1S/C9H16N2O/c1-3-6-9(11-12-2)7-4-5-8-10/h3-7H2,1-2H3/b11-9+. The third kappa shape index (κ3) is 5.72. The molecular formula is C9H16N2O. The molecule has 68 valence electrons. The van der Waals surface area contributed by atoms with Crippen molar-refractivity contribution in [3.63, 3.8) is 0 Å². The van der Waals surface area contributed by atoms with E-state index in [-0.39, 0.29) is 0 Å². The van der Waals surface area contributed by atoms with Crippen molar-refractivity contribution < 1.29 is 4.84 Å². The van der Waals surface area contributed by atoms with E-state index >= 15 is 0 Å². The van der Waals surface area contributed by atoms with E-state index in [1.807, 2.05) is 0 Å². The van der Waals surface area contributed by atoms with Gasteiger partial charge in [0.05, 0.1) is 11.8 Å². The zero-order valence-electron chi connectivity index (χ0n) is 7.84. The van der Waals surface area contributed by atoms with Crippen molar-refractivity contribution in [2.75, 3.05) is 7.11 Å². The fraction of sp³-hybridized carbons (Fsp3) is 0.778. The second-order valence-corrected chi connectivity index (χ2v) is 2.60. The molecule has 12 heavy (non-hydrogen) atoms. The van der Waals surface area contributed by atoms with Crippen LogP contribution in [-0.4, -0.2) is 12.8 Å². The lowest BCUT2D eigenvalue weighted by atomic mass is 10.1. The minimum Gasteiger partial charge on any atom is -0.399 e. The molecule has 0 aromatic heterocycles. The van der Waals surface area contributed by atoms with Crippen LogP contribution in [0.1, 0.15) is 39.0 Å². The summed E-state index contributed by atoms with van der Waals surface area (Å²) in [6, 6.07) is 2.11. The van der Waals surface area contributed by atoms with Crippen LogP contribution in [0.5, 0.6) is 0 Å². The molecule has 0 aromatic carbocycles. The minimum absolute atomic E-state index is 0.604. The first-order valence-corrected chi connectivity index (χ1v) is 4.31. The Bertz CT molecular complexity index is 170. The van der Waals surface area contributed by atoms with Gasteiger partial charge in [0.25, 0.3) is 0 Å². The van der Waals surface area contributed by atoms with Crippen LogP contribution in [0.3, 0.4) is 0 Å². The molecule has 0 aliphatic heterocycles. The van der Waals surface area contributed by atoms with Crippen LogP contribution in [0.2, 0.25) is 0 Å². The van der Waals surface area contributed by atoms with Gasteiger partial charge in [0, 0.05) is 6.42 Å². The fourth-order valence-corrected chi connectivity index (χ4v) is 1.01. The molecule has 0 fully saturated rings. The van der Waals surface area contributed by atoms with Gasteiger partial charge >= 0.3 is 0 Å². The zero-order valence-corrected chi connectivity index (χ0v) is 7.84. The lowest BCUT2D eigenvalue weighted by molar-refractivity contribution is 0.211. The molecule has 0 amide bonds. The molecular weight excluding hydrogens is 152 g/mol. The van der Waals surface area contributed by atoms with Crippen LogP contribution in [-0.2, 0) is 4.84 Å². The first-order chi connectivity index (χ1) is 5.85. The van der Waals surface area contributed by atoms with Crippen molar-refractivity contribution in [1.29, 1.82) is 5.26 Å². The molecule has 0 rings (SSSR count). The van der Waals surface area contributed by atoms with E-state index in [0.29, 0.717) is 6.42 Å². The van der Waals surface area contributed by atoms with Gasteiger partial charge in [-0.25, -0.2) is 0 Å². The Labute approximate surface area is 74.0 Å². The van der Waals surface area contributed by atoms with Gasteiger partial charge in [0.1, 0.15) is 7.11 Å². The molecule has 0 heterocycles. The van der Waals surface area contributed by atoms with Gasteiger partial charge in [0.15, 0.2) is 0 Å². The molecule has 0 saturated heterocycles. The maximum Gasteiger partial charge on any atom is 0.106 e. The number of oxime groups is 1. The van der Waals surface area contributed by atoms with Crippen LogP contribution < -0.4 is 0 Å². The molecule has 0 N–H and O–H groups in total. The zero-order chi connectivity index (χ0) is 9.23. The number of rotatable bonds is 6. The summed E-state index contributed by atoms with van der Waals surface area (Å²) in [5.41, 5.74) is 1.07. The minimum atomic E-state index is 0.604. The summed E-state index contributed by atoms with van der Waals surface area (Å²) >= 11 is 0. The highest BCUT2D eigenvalue weighted by Gasteiger charge is 1.98. The molecule has 0 bridgehead atoms. The number of nitrogens with zero attached hydrogens (tertiary/aromatic N) is 2. The molecule has 0 spiro atoms. The average Bonchev–Trinajstić information content (AvgIpc) is 2.06. The third-order valence-corrected chi connectivity index (χ3v) is 1.51. The average molecular weight is 168 g/mol. The molecule has 0 atom stereocenters. The Morgan fingerprint density at radius 2 is 2.25 bits per heavy atom. The largest absolute Gasteiger partial charge is 0.399 e. The third-order valence-electron chi connectivity index (χ3n) is 1.51. The highest BCUT2D eigenvalue weighted by atomic mass is 16.6. The molecule has 3 nitrogen and oxygen atoms in total. The lowest BCUT2D eigenvalue weighted by Crippen LogP contribution is -1.98. The summed E-state index contributed by atoms with van der Waals surface area (Å²) in [4.78, 5) is 4.69. The molecule has 0 radical (unpaired) electrons. The van der Waals surface area contributed by atoms with E-state index in [9.17, 15) is 0 Å². The number of hydrogen-bond acceptors (Lipinski definition) is 3. The maximum atomic E-state index is 8.32. The van der Waals surface area contributed by atoms with E-state index in [4.69, 9.17) is 10.1 Å². The smallest absolute Gasteiger partial charge is 0.106 e. The first kappa shape index (κ1) is 11.0. The second kappa shape index (κ2) is 8.06. The molecule has 0 aliphatic rings. The Kier molecular flexibility index (Phi) is 7.36. The Hall–Kier alpha value is -1.04. The Morgan fingerprint density at radius 1 is 1.50 bits per heavy atom. The van der Waals surface area contributed by atoms with E-state index in [1.54, 1.807) is 7.11 Å². The van der Waals surface area contributed by atoms with Gasteiger partial charge in [-0.3, -0.25) is 0 Å². The van der Waals surface area contributed by atoms with Crippen molar-refractivity contribution >= 4 is 5.71 Å². The van der Waals surface area contributed by atoms with Crippen LogP contribution >= 0.6 is 0 Å². The van der Waals surface area contributed by atoms with E-state index < -0.39 is 0 Å². The summed E-state index contributed by atoms with van der Waals surface area (Å²) in [6.07, 6.45) is 4.42. The Morgan fingerprint density at radius 3 is 2.75 bits per heavy atom. The predicted molar refractivity (Wildman–Crippen MR) is 48.8 cm³/mol. The van der Waals surface area contributed by atoms with Gasteiger partial charge in [-0.05, 0) is 19.3 Å². The van der Waals surface area contributed by atoms with Crippen molar-refractivity contribution in [3.05, 3.63) is 0 Å². The molecule has 0 aromatic rings. The van der Waals surface area contributed by atoms with Crippen molar-refractivity contribution in [1.82, 2.24) is 0 Å². The number of nitriles is 1.